The maximum Gasteiger partial charge on any atom is 0.254 e. The van der Waals surface area contributed by atoms with Gasteiger partial charge in [-0.15, -0.1) is 11.3 Å². The van der Waals surface area contributed by atoms with Crippen LogP contribution in [0.5, 0.6) is 0 Å². The number of hydrogen-bond donors (Lipinski definition) is 0. The highest BCUT2D eigenvalue weighted by Gasteiger charge is 2.33. The summed E-state index contributed by atoms with van der Waals surface area (Å²) in [7, 11) is 0. The Morgan fingerprint density at radius 2 is 1.81 bits per heavy atom. The Hall–Kier alpha value is -2.21. The van der Waals surface area contributed by atoms with E-state index in [0.29, 0.717) is 24.7 Å². The normalized spacial score (nSPS) is 18.4. The van der Waals surface area contributed by atoms with Gasteiger partial charge in [0.05, 0.1) is 15.6 Å². The first-order valence-corrected chi connectivity index (χ1v) is 10.5. The predicted molar refractivity (Wildman–Crippen MR) is 107 cm³/mol. The molecule has 2 aliphatic rings. The lowest BCUT2D eigenvalue weighted by Gasteiger charge is -2.37. The number of aryl methyl sites for hydroxylation is 2. The average Bonchev–Trinajstić information content (AvgIpc) is 3.31. The van der Waals surface area contributed by atoms with Crippen LogP contribution in [-0.2, 0) is 4.79 Å². The molecule has 2 fully saturated rings. The summed E-state index contributed by atoms with van der Waals surface area (Å²) in [4.78, 5) is 34.7. The van der Waals surface area contributed by atoms with Crippen molar-refractivity contribution in [1.82, 2.24) is 14.8 Å². The summed E-state index contributed by atoms with van der Waals surface area (Å²) < 4.78 is 0. The maximum atomic E-state index is 12.8. The van der Waals surface area contributed by atoms with Gasteiger partial charge in [-0.25, -0.2) is 4.98 Å². The van der Waals surface area contributed by atoms with E-state index in [1.165, 1.54) is 12.8 Å². The van der Waals surface area contributed by atoms with Gasteiger partial charge in [-0.05, 0) is 44.4 Å². The lowest BCUT2D eigenvalue weighted by atomic mass is 10.1. The Balaban J connectivity index is 1.44. The van der Waals surface area contributed by atoms with Gasteiger partial charge in [0, 0.05) is 24.7 Å². The fourth-order valence-electron chi connectivity index (χ4n) is 4.21. The molecule has 1 aliphatic carbocycles. The summed E-state index contributed by atoms with van der Waals surface area (Å²) in [6.45, 7) is 5.49. The molecule has 5 nitrogen and oxygen atoms in total. The zero-order chi connectivity index (χ0) is 19.0. The molecule has 0 unspecified atom stereocenters. The molecule has 0 atom stereocenters. The Labute approximate surface area is 164 Å². The van der Waals surface area contributed by atoms with Gasteiger partial charge in [0.1, 0.15) is 6.54 Å². The van der Waals surface area contributed by atoms with Crippen LogP contribution < -0.4 is 0 Å². The minimum atomic E-state index is -0.0572. The van der Waals surface area contributed by atoms with Crippen molar-refractivity contribution in [3.8, 4) is 10.4 Å². The van der Waals surface area contributed by atoms with Crippen LogP contribution in [0, 0.1) is 13.8 Å². The third-order valence-electron chi connectivity index (χ3n) is 5.61. The quantitative estimate of drug-likeness (QED) is 0.813. The van der Waals surface area contributed by atoms with Crippen LogP contribution in [0.1, 0.15) is 46.7 Å². The van der Waals surface area contributed by atoms with Crippen LogP contribution in [0.25, 0.3) is 10.4 Å². The molecule has 0 bridgehead atoms. The SMILES string of the molecule is Cc1nc(C)c(-c2ccc(C(=O)N3CCN(C4CCCC4)C(=O)C3)cc2)s1. The van der Waals surface area contributed by atoms with E-state index in [2.05, 4.69) is 4.98 Å². The van der Waals surface area contributed by atoms with Crippen LogP contribution in [0.3, 0.4) is 0 Å². The summed E-state index contributed by atoms with van der Waals surface area (Å²) in [5, 5.41) is 1.04. The molecule has 0 N–H and O–H groups in total. The van der Waals surface area contributed by atoms with Crippen LogP contribution in [0.2, 0.25) is 0 Å². The number of benzene rings is 1. The number of carbonyl (C=O) groups is 2. The number of amides is 2. The van der Waals surface area contributed by atoms with Crippen molar-refractivity contribution in [3.05, 3.63) is 40.5 Å². The highest BCUT2D eigenvalue weighted by Crippen LogP contribution is 2.30. The summed E-state index contributed by atoms with van der Waals surface area (Å²) in [5.41, 5.74) is 2.74. The zero-order valence-corrected chi connectivity index (χ0v) is 16.7. The number of piperazine rings is 1. The Morgan fingerprint density at radius 1 is 1.11 bits per heavy atom. The van der Waals surface area contributed by atoms with Gasteiger partial charge >= 0.3 is 0 Å². The van der Waals surface area contributed by atoms with Crippen molar-refractivity contribution < 1.29 is 9.59 Å². The van der Waals surface area contributed by atoms with Gasteiger partial charge < -0.3 is 9.80 Å². The number of carbonyl (C=O) groups excluding carboxylic acids is 2. The van der Waals surface area contributed by atoms with E-state index in [0.717, 1.165) is 34.0 Å². The fourth-order valence-corrected chi connectivity index (χ4v) is 5.13. The van der Waals surface area contributed by atoms with E-state index in [-0.39, 0.29) is 18.4 Å². The molecule has 1 saturated heterocycles. The highest BCUT2D eigenvalue weighted by molar-refractivity contribution is 7.15. The minimum absolute atomic E-state index is 0.0572. The largest absolute Gasteiger partial charge is 0.336 e. The molecule has 1 aromatic carbocycles. The van der Waals surface area contributed by atoms with Gasteiger partial charge in [-0.1, -0.05) is 25.0 Å². The first-order chi connectivity index (χ1) is 13.0. The Kier molecular flexibility index (Phi) is 5.00. The number of hydrogen-bond acceptors (Lipinski definition) is 4. The van der Waals surface area contributed by atoms with E-state index >= 15 is 0 Å². The lowest BCUT2D eigenvalue weighted by molar-refractivity contribution is -0.137. The molecule has 4 rings (SSSR count). The molecule has 6 heteroatoms. The van der Waals surface area contributed by atoms with E-state index in [1.54, 1.807) is 16.2 Å². The van der Waals surface area contributed by atoms with Crippen LogP contribution in [0.15, 0.2) is 24.3 Å². The molecular formula is C21H25N3O2S. The predicted octanol–water partition coefficient (Wildman–Crippen LogP) is 3.65. The summed E-state index contributed by atoms with van der Waals surface area (Å²) in [6, 6.07) is 8.06. The number of thiazole rings is 1. The second kappa shape index (κ2) is 7.43. The van der Waals surface area contributed by atoms with Crippen molar-refractivity contribution in [2.24, 2.45) is 0 Å². The lowest BCUT2D eigenvalue weighted by Crippen LogP contribution is -2.54. The Bertz CT molecular complexity index is 853. The second-order valence-electron chi connectivity index (χ2n) is 7.48. The molecule has 1 aromatic heterocycles. The van der Waals surface area contributed by atoms with Crippen molar-refractivity contribution in [2.75, 3.05) is 19.6 Å². The molecule has 1 aliphatic heterocycles. The smallest absolute Gasteiger partial charge is 0.254 e. The number of aromatic nitrogens is 1. The van der Waals surface area contributed by atoms with Crippen molar-refractivity contribution >= 4 is 23.2 Å². The highest BCUT2D eigenvalue weighted by atomic mass is 32.1. The van der Waals surface area contributed by atoms with Gasteiger partial charge in [-0.3, -0.25) is 9.59 Å². The molecule has 27 heavy (non-hydrogen) atoms. The van der Waals surface area contributed by atoms with Gasteiger partial charge in [0.25, 0.3) is 5.91 Å². The van der Waals surface area contributed by atoms with Crippen LogP contribution in [-0.4, -0.2) is 52.3 Å². The summed E-state index contributed by atoms with van der Waals surface area (Å²) in [5.74, 6) is 0.0343. The van der Waals surface area contributed by atoms with Crippen molar-refractivity contribution in [3.63, 3.8) is 0 Å². The van der Waals surface area contributed by atoms with Gasteiger partial charge in [0.2, 0.25) is 5.91 Å². The molecular weight excluding hydrogens is 358 g/mol. The maximum absolute atomic E-state index is 12.8. The number of rotatable bonds is 3. The van der Waals surface area contributed by atoms with E-state index in [4.69, 9.17) is 0 Å². The monoisotopic (exact) mass is 383 g/mol. The van der Waals surface area contributed by atoms with Crippen molar-refractivity contribution in [1.29, 1.82) is 0 Å². The standard InChI is InChI=1S/C21H25N3O2S/c1-14-20(27-15(2)22-14)16-7-9-17(10-8-16)21(26)23-11-12-24(19(25)13-23)18-5-3-4-6-18/h7-10,18H,3-6,11-13H2,1-2H3. The van der Waals surface area contributed by atoms with Gasteiger partial charge in [-0.2, -0.15) is 0 Å². The van der Waals surface area contributed by atoms with Crippen LogP contribution in [0.4, 0.5) is 0 Å². The summed E-state index contributed by atoms with van der Waals surface area (Å²) >= 11 is 1.67. The first kappa shape index (κ1) is 18.2. The van der Waals surface area contributed by atoms with Crippen LogP contribution >= 0.6 is 11.3 Å². The number of nitrogens with zero attached hydrogens (tertiary/aromatic N) is 3. The van der Waals surface area contributed by atoms with Gasteiger partial charge in [0.15, 0.2) is 0 Å². The van der Waals surface area contributed by atoms with E-state index < -0.39 is 0 Å². The zero-order valence-electron chi connectivity index (χ0n) is 15.9. The average molecular weight is 384 g/mol. The second-order valence-corrected chi connectivity index (χ2v) is 8.68. The molecule has 2 amide bonds. The van der Waals surface area contributed by atoms with E-state index in [1.807, 2.05) is 43.0 Å². The van der Waals surface area contributed by atoms with E-state index in [9.17, 15) is 9.59 Å². The third kappa shape index (κ3) is 3.63. The summed E-state index contributed by atoms with van der Waals surface area (Å²) in [6.07, 6.45) is 4.64. The first-order valence-electron chi connectivity index (χ1n) is 9.66. The molecule has 142 valence electrons. The molecule has 0 spiro atoms. The molecule has 2 heterocycles. The molecule has 2 aromatic rings. The molecule has 1 saturated carbocycles. The Morgan fingerprint density at radius 3 is 2.41 bits per heavy atom. The minimum Gasteiger partial charge on any atom is -0.336 e. The molecule has 0 radical (unpaired) electrons. The topological polar surface area (TPSA) is 53.5 Å². The third-order valence-corrected chi connectivity index (χ3v) is 6.73. The fraction of sp³-hybridized carbons (Fsp3) is 0.476. The van der Waals surface area contributed by atoms with Crippen molar-refractivity contribution in [2.45, 2.75) is 45.6 Å².